The lowest BCUT2D eigenvalue weighted by Gasteiger charge is -2.23. The smallest absolute Gasteiger partial charge is 0.407 e. The highest BCUT2D eigenvalue weighted by Crippen LogP contribution is 2.12. The summed E-state index contributed by atoms with van der Waals surface area (Å²) >= 11 is 0. The zero-order chi connectivity index (χ0) is 17.1. The van der Waals surface area contributed by atoms with Crippen molar-refractivity contribution in [2.45, 2.75) is 39.4 Å². The summed E-state index contributed by atoms with van der Waals surface area (Å²) in [4.78, 5) is 22.6. The number of carboxylic acid groups (broad SMARTS) is 1. The predicted octanol–water partition coefficient (Wildman–Crippen LogP) is 2.82. The van der Waals surface area contributed by atoms with Gasteiger partial charge < -0.3 is 19.9 Å². The third kappa shape index (κ3) is 8.21. The van der Waals surface area contributed by atoms with Crippen LogP contribution in [0.5, 0.6) is 0 Å². The van der Waals surface area contributed by atoms with Crippen molar-refractivity contribution in [1.82, 2.24) is 5.32 Å². The molecular weight excluding hydrogens is 298 g/mol. The van der Waals surface area contributed by atoms with Gasteiger partial charge in [-0.05, 0) is 17.9 Å². The van der Waals surface area contributed by atoms with E-state index in [-0.39, 0.29) is 31.6 Å². The standard InChI is InChI=1S/C17H25NO5/c1-3-9-22-15(13(2)10-16(19)20)11-18-17(21)23-12-14-7-5-4-6-8-14/h4-8,13,15H,3,9-12H2,1-2H3,(H,18,21)(H,19,20)/t13?,15-/m0/s1. The number of ether oxygens (including phenoxy) is 2. The monoisotopic (exact) mass is 323 g/mol. The van der Waals surface area contributed by atoms with Gasteiger partial charge in [-0.1, -0.05) is 44.2 Å². The maximum Gasteiger partial charge on any atom is 0.407 e. The minimum absolute atomic E-state index is 0.00484. The second kappa shape index (κ2) is 10.6. The van der Waals surface area contributed by atoms with E-state index in [0.29, 0.717) is 6.61 Å². The van der Waals surface area contributed by atoms with E-state index in [9.17, 15) is 9.59 Å². The topological polar surface area (TPSA) is 84.9 Å². The Morgan fingerprint density at radius 3 is 2.57 bits per heavy atom. The highest BCUT2D eigenvalue weighted by Gasteiger charge is 2.21. The lowest BCUT2D eigenvalue weighted by atomic mass is 10.0. The zero-order valence-electron chi connectivity index (χ0n) is 13.7. The Kier molecular flexibility index (Phi) is 8.75. The zero-order valence-corrected chi connectivity index (χ0v) is 13.7. The number of carbonyl (C=O) groups is 2. The van der Waals surface area contributed by atoms with Crippen molar-refractivity contribution in [2.75, 3.05) is 13.2 Å². The number of benzene rings is 1. The van der Waals surface area contributed by atoms with Gasteiger partial charge in [0.1, 0.15) is 6.61 Å². The van der Waals surface area contributed by atoms with Gasteiger partial charge in [0.15, 0.2) is 0 Å². The molecule has 2 atom stereocenters. The summed E-state index contributed by atoms with van der Waals surface area (Å²) < 4.78 is 10.8. The molecule has 1 aromatic carbocycles. The minimum atomic E-state index is -0.880. The minimum Gasteiger partial charge on any atom is -0.481 e. The fourth-order valence-electron chi connectivity index (χ4n) is 2.06. The number of hydrogen-bond acceptors (Lipinski definition) is 4. The lowest BCUT2D eigenvalue weighted by Crippen LogP contribution is -2.38. The molecule has 1 unspecified atom stereocenters. The summed E-state index contributed by atoms with van der Waals surface area (Å²) in [5.41, 5.74) is 0.903. The Hall–Kier alpha value is -2.08. The van der Waals surface area contributed by atoms with Gasteiger partial charge in [-0.2, -0.15) is 0 Å². The van der Waals surface area contributed by atoms with Gasteiger partial charge in [0.05, 0.1) is 12.5 Å². The Balaban J connectivity index is 2.39. The molecule has 0 aliphatic heterocycles. The van der Waals surface area contributed by atoms with Crippen molar-refractivity contribution in [3.05, 3.63) is 35.9 Å². The molecule has 0 aromatic heterocycles. The molecule has 2 N–H and O–H groups in total. The van der Waals surface area contributed by atoms with E-state index in [0.717, 1.165) is 12.0 Å². The first kappa shape index (κ1) is 19.0. The maximum absolute atomic E-state index is 11.7. The fraction of sp³-hybridized carbons (Fsp3) is 0.529. The van der Waals surface area contributed by atoms with E-state index in [1.54, 1.807) is 6.92 Å². The summed E-state index contributed by atoms with van der Waals surface area (Å²) in [7, 11) is 0. The number of amides is 1. The molecule has 0 saturated carbocycles. The van der Waals surface area contributed by atoms with Crippen LogP contribution in [0.15, 0.2) is 30.3 Å². The molecule has 128 valence electrons. The molecule has 23 heavy (non-hydrogen) atoms. The first-order valence-electron chi connectivity index (χ1n) is 7.80. The number of carboxylic acids is 1. The van der Waals surface area contributed by atoms with Crippen molar-refractivity contribution in [2.24, 2.45) is 5.92 Å². The average molecular weight is 323 g/mol. The van der Waals surface area contributed by atoms with Crippen LogP contribution in [-0.4, -0.2) is 36.4 Å². The molecule has 0 spiro atoms. The van der Waals surface area contributed by atoms with E-state index in [1.165, 1.54) is 0 Å². The van der Waals surface area contributed by atoms with Crippen molar-refractivity contribution in [3.63, 3.8) is 0 Å². The number of carbonyl (C=O) groups excluding carboxylic acids is 1. The van der Waals surface area contributed by atoms with Crippen LogP contribution in [0, 0.1) is 5.92 Å². The van der Waals surface area contributed by atoms with Crippen LogP contribution in [-0.2, 0) is 20.9 Å². The second-order valence-electron chi connectivity index (χ2n) is 5.43. The molecule has 6 heteroatoms. The molecule has 0 fully saturated rings. The van der Waals surface area contributed by atoms with Crippen molar-refractivity contribution in [1.29, 1.82) is 0 Å². The maximum atomic E-state index is 11.7. The molecule has 0 bridgehead atoms. The molecule has 0 heterocycles. The lowest BCUT2D eigenvalue weighted by molar-refractivity contribution is -0.139. The van der Waals surface area contributed by atoms with Crippen molar-refractivity contribution < 1.29 is 24.2 Å². The molecule has 0 radical (unpaired) electrons. The average Bonchev–Trinajstić information content (AvgIpc) is 2.53. The first-order valence-corrected chi connectivity index (χ1v) is 7.80. The molecule has 0 aliphatic carbocycles. The molecule has 6 nitrogen and oxygen atoms in total. The van der Waals surface area contributed by atoms with Gasteiger partial charge in [0.2, 0.25) is 0 Å². The van der Waals surface area contributed by atoms with Gasteiger partial charge in [-0.3, -0.25) is 4.79 Å². The van der Waals surface area contributed by atoms with Crippen LogP contribution in [0.1, 0.15) is 32.3 Å². The van der Waals surface area contributed by atoms with Gasteiger partial charge >= 0.3 is 12.1 Å². The highest BCUT2D eigenvalue weighted by molar-refractivity contribution is 5.68. The van der Waals surface area contributed by atoms with Gasteiger partial charge in [0, 0.05) is 13.2 Å². The third-order valence-corrected chi connectivity index (χ3v) is 3.33. The second-order valence-corrected chi connectivity index (χ2v) is 5.43. The van der Waals surface area contributed by atoms with Crippen LogP contribution >= 0.6 is 0 Å². The predicted molar refractivity (Wildman–Crippen MR) is 86.1 cm³/mol. The van der Waals surface area contributed by atoms with Gasteiger partial charge in [-0.15, -0.1) is 0 Å². The third-order valence-electron chi connectivity index (χ3n) is 3.33. The summed E-state index contributed by atoms with van der Waals surface area (Å²) in [6, 6.07) is 9.38. The van der Waals surface area contributed by atoms with E-state index >= 15 is 0 Å². The summed E-state index contributed by atoms with van der Waals surface area (Å²) in [6.45, 7) is 4.71. The Bertz CT molecular complexity index is 477. The van der Waals surface area contributed by atoms with Gasteiger partial charge in [0.25, 0.3) is 0 Å². The van der Waals surface area contributed by atoms with Crippen LogP contribution in [0.25, 0.3) is 0 Å². The fourth-order valence-corrected chi connectivity index (χ4v) is 2.06. The summed E-state index contributed by atoms with van der Waals surface area (Å²) in [6.07, 6.45) is -0.0686. The van der Waals surface area contributed by atoms with Crippen LogP contribution in [0.3, 0.4) is 0 Å². The molecule has 1 amide bonds. The Morgan fingerprint density at radius 2 is 1.96 bits per heavy atom. The van der Waals surface area contributed by atoms with Crippen LogP contribution < -0.4 is 5.32 Å². The summed E-state index contributed by atoms with van der Waals surface area (Å²) in [5.74, 6) is -1.08. The number of aliphatic carboxylic acids is 1. The van der Waals surface area contributed by atoms with Crippen LogP contribution in [0.2, 0.25) is 0 Å². The largest absolute Gasteiger partial charge is 0.481 e. The summed E-state index contributed by atoms with van der Waals surface area (Å²) in [5, 5.41) is 11.5. The Labute approximate surface area is 136 Å². The molecule has 1 aromatic rings. The van der Waals surface area contributed by atoms with E-state index in [4.69, 9.17) is 14.6 Å². The van der Waals surface area contributed by atoms with Gasteiger partial charge in [-0.25, -0.2) is 4.79 Å². The molecular formula is C17H25NO5. The normalized spacial score (nSPS) is 13.1. The highest BCUT2D eigenvalue weighted by atomic mass is 16.5. The molecule has 0 saturated heterocycles. The number of hydrogen-bond donors (Lipinski definition) is 2. The van der Waals surface area contributed by atoms with Crippen LogP contribution in [0.4, 0.5) is 4.79 Å². The molecule has 0 aliphatic rings. The van der Waals surface area contributed by atoms with E-state index in [1.807, 2.05) is 37.3 Å². The number of alkyl carbamates (subject to hydrolysis) is 1. The van der Waals surface area contributed by atoms with Crippen molar-refractivity contribution >= 4 is 12.1 Å². The molecule has 1 rings (SSSR count). The SMILES string of the molecule is CCCO[C@@H](CNC(=O)OCc1ccccc1)C(C)CC(=O)O. The number of rotatable bonds is 10. The number of nitrogens with one attached hydrogen (secondary N) is 1. The Morgan fingerprint density at radius 1 is 1.26 bits per heavy atom. The van der Waals surface area contributed by atoms with Crippen molar-refractivity contribution in [3.8, 4) is 0 Å². The first-order chi connectivity index (χ1) is 11.0. The van der Waals surface area contributed by atoms with E-state index in [2.05, 4.69) is 5.32 Å². The van der Waals surface area contributed by atoms with E-state index < -0.39 is 12.1 Å². The quantitative estimate of drug-likeness (QED) is 0.691.